The minimum absolute atomic E-state index is 0.0943. The standard InChI is InChI=1S/C15H14F2N2O3/c1-9-6-10(8-18-14(9)22-15(16)17)19-4-5-21-13-3-2-11(20)7-12(13)19/h2-3,6-8,15,20H,4-5H2,1H3. The summed E-state index contributed by atoms with van der Waals surface area (Å²) in [5, 5.41) is 9.65. The van der Waals surface area contributed by atoms with Gasteiger partial charge in [-0.3, -0.25) is 0 Å². The minimum atomic E-state index is -2.90. The normalized spacial score (nSPS) is 13.7. The van der Waals surface area contributed by atoms with Gasteiger partial charge < -0.3 is 19.5 Å². The number of phenols is 1. The summed E-state index contributed by atoms with van der Waals surface area (Å²) in [6.07, 6.45) is 1.46. The zero-order valence-corrected chi connectivity index (χ0v) is 11.8. The summed E-state index contributed by atoms with van der Waals surface area (Å²) in [4.78, 5) is 5.85. The molecule has 1 aromatic heterocycles. The highest BCUT2D eigenvalue weighted by molar-refractivity contribution is 5.72. The number of alkyl halides is 2. The van der Waals surface area contributed by atoms with Gasteiger partial charge in [0.15, 0.2) is 0 Å². The maximum atomic E-state index is 12.3. The zero-order valence-electron chi connectivity index (χ0n) is 11.8. The summed E-state index contributed by atoms with van der Waals surface area (Å²) in [5.74, 6) is 0.675. The van der Waals surface area contributed by atoms with Crippen LogP contribution in [0, 0.1) is 6.92 Å². The number of hydrogen-bond donors (Lipinski definition) is 1. The first-order valence-electron chi connectivity index (χ1n) is 6.69. The van der Waals surface area contributed by atoms with Gasteiger partial charge in [0.05, 0.1) is 24.1 Å². The highest BCUT2D eigenvalue weighted by Crippen LogP contribution is 2.39. The number of hydrogen-bond acceptors (Lipinski definition) is 5. The number of pyridine rings is 1. The predicted octanol–water partition coefficient (Wildman–Crippen LogP) is 3.23. The zero-order chi connectivity index (χ0) is 15.7. The number of aromatic hydroxyl groups is 1. The highest BCUT2D eigenvalue weighted by Gasteiger charge is 2.21. The molecule has 3 rings (SSSR count). The average Bonchev–Trinajstić information content (AvgIpc) is 2.48. The fourth-order valence-electron chi connectivity index (χ4n) is 2.38. The molecule has 0 saturated heterocycles. The van der Waals surface area contributed by atoms with Crippen molar-refractivity contribution in [1.82, 2.24) is 4.98 Å². The van der Waals surface area contributed by atoms with Gasteiger partial charge in [0.2, 0.25) is 5.88 Å². The Morgan fingerprint density at radius 1 is 1.36 bits per heavy atom. The second-order valence-electron chi connectivity index (χ2n) is 4.85. The number of benzene rings is 1. The van der Waals surface area contributed by atoms with E-state index in [4.69, 9.17) is 4.74 Å². The van der Waals surface area contributed by atoms with Gasteiger partial charge in [-0.15, -0.1) is 0 Å². The van der Waals surface area contributed by atoms with E-state index in [0.29, 0.717) is 35.8 Å². The lowest BCUT2D eigenvalue weighted by Crippen LogP contribution is -2.28. The van der Waals surface area contributed by atoms with Crippen molar-refractivity contribution in [3.8, 4) is 17.4 Å². The van der Waals surface area contributed by atoms with Crippen LogP contribution in [0.5, 0.6) is 17.4 Å². The van der Waals surface area contributed by atoms with Crippen molar-refractivity contribution in [2.75, 3.05) is 18.1 Å². The molecule has 0 radical (unpaired) electrons. The molecule has 0 atom stereocenters. The van der Waals surface area contributed by atoms with Gasteiger partial charge in [-0.2, -0.15) is 8.78 Å². The van der Waals surface area contributed by atoms with Gasteiger partial charge in [0, 0.05) is 11.6 Å². The third-order valence-electron chi connectivity index (χ3n) is 3.33. The second kappa shape index (κ2) is 5.67. The average molecular weight is 308 g/mol. The molecule has 1 aliphatic rings. The van der Waals surface area contributed by atoms with E-state index in [-0.39, 0.29) is 11.6 Å². The van der Waals surface area contributed by atoms with Crippen LogP contribution in [0.25, 0.3) is 0 Å². The van der Waals surface area contributed by atoms with Crippen molar-refractivity contribution < 1.29 is 23.4 Å². The molecular weight excluding hydrogens is 294 g/mol. The number of ether oxygens (including phenoxy) is 2. The largest absolute Gasteiger partial charge is 0.508 e. The van der Waals surface area contributed by atoms with Gasteiger partial charge in [0.25, 0.3) is 0 Å². The Labute approximate surface area is 125 Å². The lowest BCUT2D eigenvalue weighted by molar-refractivity contribution is -0.0533. The van der Waals surface area contributed by atoms with Gasteiger partial charge in [0.1, 0.15) is 18.1 Å². The molecule has 2 aromatic rings. The summed E-state index contributed by atoms with van der Waals surface area (Å²) in [6.45, 7) is -0.213. The first-order valence-corrected chi connectivity index (χ1v) is 6.69. The molecule has 1 aliphatic heterocycles. The molecule has 5 nitrogen and oxygen atoms in total. The van der Waals surface area contributed by atoms with Crippen LogP contribution < -0.4 is 14.4 Å². The quantitative estimate of drug-likeness (QED) is 0.943. The molecule has 7 heteroatoms. The SMILES string of the molecule is Cc1cc(N2CCOc3ccc(O)cc32)cnc1OC(F)F. The molecule has 22 heavy (non-hydrogen) atoms. The highest BCUT2D eigenvalue weighted by atomic mass is 19.3. The molecule has 116 valence electrons. The number of nitrogens with zero attached hydrogens (tertiary/aromatic N) is 2. The van der Waals surface area contributed by atoms with Crippen LogP contribution in [-0.4, -0.2) is 29.9 Å². The number of rotatable bonds is 3. The maximum Gasteiger partial charge on any atom is 0.388 e. The smallest absolute Gasteiger partial charge is 0.388 e. The Hall–Kier alpha value is -2.57. The van der Waals surface area contributed by atoms with E-state index in [2.05, 4.69) is 9.72 Å². The summed E-state index contributed by atoms with van der Waals surface area (Å²) >= 11 is 0. The van der Waals surface area contributed by atoms with Crippen molar-refractivity contribution in [3.63, 3.8) is 0 Å². The molecule has 2 heterocycles. The lowest BCUT2D eigenvalue weighted by atomic mass is 10.2. The molecule has 0 unspecified atom stereocenters. The van der Waals surface area contributed by atoms with Crippen molar-refractivity contribution in [2.45, 2.75) is 13.5 Å². The lowest BCUT2D eigenvalue weighted by Gasteiger charge is -2.31. The maximum absolute atomic E-state index is 12.3. The Morgan fingerprint density at radius 2 is 2.18 bits per heavy atom. The summed E-state index contributed by atoms with van der Waals surface area (Å²) in [6, 6.07) is 6.54. The fourth-order valence-corrected chi connectivity index (χ4v) is 2.38. The van der Waals surface area contributed by atoms with Crippen molar-refractivity contribution in [1.29, 1.82) is 0 Å². The number of phenolic OH excluding ortho intramolecular Hbond substituents is 1. The molecule has 0 aliphatic carbocycles. The summed E-state index contributed by atoms with van der Waals surface area (Å²) in [7, 11) is 0. The Bertz CT molecular complexity index is 694. The van der Waals surface area contributed by atoms with E-state index in [0.717, 1.165) is 0 Å². The topological polar surface area (TPSA) is 54.8 Å². The van der Waals surface area contributed by atoms with Gasteiger partial charge >= 0.3 is 6.61 Å². The van der Waals surface area contributed by atoms with Gasteiger partial charge in [-0.25, -0.2) is 4.98 Å². The minimum Gasteiger partial charge on any atom is -0.508 e. The van der Waals surface area contributed by atoms with E-state index in [9.17, 15) is 13.9 Å². The molecular formula is C15H14F2N2O3. The van der Waals surface area contributed by atoms with Crippen molar-refractivity contribution >= 4 is 11.4 Å². The second-order valence-corrected chi connectivity index (χ2v) is 4.85. The van der Waals surface area contributed by atoms with Gasteiger partial charge in [-0.1, -0.05) is 0 Å². The van der Waals surface area contributed by atoms with Crippen molar-refractivity contribution in [2.24, 2.45) is 0 Å². The van der Waals surface area contributed by atoms with Crippen LogP contribution in [0.1, 0.15) is 5.56 Å². The third-order valence-corrected chi connectivity index (χ3v) is 3.33. The van der Waals surface area contributed by atoms with Crippen LogP contribution in [0.4, 0.5) is 20.2 Å². The van der Waals surface area contributed by atoms with Gasteiger partial charge in [-0.05, 0) is 25.1 Å². The Morgan fingerprint density at radius 3 is 2.91 bits per heavy atom. The molecule has 0 fully saturated rings. The first-order chi connectivity index (χ1) is 10.5. The molecule has 1 N–H and O–H groups in total. The van der Waals surface area contributed by atoms with Crippen LogP contribution >= 0.6 is 0 Å². The molecule has 1 aromatic carbocycles. The molecule has 0 saturated carbocycles. The predicted molar refractivity (Wildman–Crippen MR) is 76.2 cm³/mol. The fraction of sp³-hybridized carbons (Fsp3) is 0.267. The third kappa shape index (κ3) is 2.74. The number of fused-ring (bicyclic) bond motifs is 1. The van der Waals surface area contributed by atoms with E-state index in [1.807, 2.05) is 4.90 Å². The monoisotopic (exact) mass is 308 g/mol. The van der Waals surface area contributed by atoms with Crippen LogP contribution in [0.2, 0.25) is 0 Å². The summed E-state index contributed by atoms with van der Waals surface area (Å²) in [5.41, 5.74) is 1.93. The number of halogens is 2. The number of aryl methyl sites for hydroxylation is 1. The van der Waals surface area contributed by atoms with E-state index < -0.39 is 6.61 Å². The molecule has 0 amide bonds. The number of aromatic nitrogens is 1. The number of anilines is 2. The van der Waals surface area contributed by atoms with Crippen LogP contribution in [-0.2, 0) is 0 Å². The Kier molecular flexibility index (Phi) is 3.70. The van der Waals surface area contributed by atoms with Crippen LogP contribution in [0.3, 0.4) is 0 Å². The van der Waals surface area contributed by atoms with E-state index in [1.165, 1.54) is 6.20 Å². The van der Waals surface area contributed by atoms with Crippen molar-refractivity contribution in [3.05, 3.63) is 36.0 Å². The molecule has 0 spiro atoms. The Balaban J connectivity index is 1.96. The van der Waals surface area contributed by atoms with E-state index >= 15 is 0 Å². The first kappa shape index (κ1) is 14.4. The van der Waals surface area contributed by atoms with E-state index in [1.54, 1.807) is 31.2 Å². The molecule has 0 bridgehead atoms. The van der Waals surface area contributed by atoms with Crippen LogP contribution in [0.15, 0.2) is 30.5 Å². The summed E-state index contributed by atoms with van der Waals surface area (Å²) < 4.78 is 34.4.